The molecule has 2 aliphatic heterocycles. The molecule has 4 rings (SSSR count). The van der Waals surface area contributed by atoms with Crippen molar-refractivity contribution in [3.05, 3.63) is 54.1 Å². The predicted octanol–water partition coefficient (Wildman–Crippen LogP) is 9.75. The maximum absolute atomic E-state index is 2.73. The molecule has 0 spiro atoms. The molecule has 2 heterocycles. The third-order valence-electron chi connectivity index (χ3n) is 8.31. The van der Waals surface area contributed by atoms with Gasteiger partial charge >= 0.3 is 0 Å². The van der Waals surface area contributed by atoms with Crippen LogP contribution in [-0.4, -0.2) is 24.5 Å². The quantitative estimate of drug-likeness (QED) is 0.210. The van der Waals surface area contributed by atoms with Crippen LogP contribution in [0.2, 0.25) is 0 Å². The molecule has 1 saturated heterocycles. The molecule has 1 fully saturated rings. The molecule has 1 unspecified atom stereocenters. The van der Waals surface area contributed by atoms with Gasteiger partial charge in [0, 0.05) is 30.9 Å². The van der Waals surface area contributed by atoms with Gasteiger partial charge in [0.15, 0.2) is 0 Å². The van der Waals surface area contributed by atoms with Crippen molar-refractivity contribution in [1.29, 1.82) is 0 Å². The fourth-order valence-corrected chi connectivity index (χ4v) is 6.31. The predicted molar refractivity (Wildman–Crippen MR) is 153 cm³/mol. The molecule has 2 aromatic carbocycles. The van der Waals surface area contributed by atoms with Crippen LogP contribution < -0.4 is 4.90 Å². The zero-order valence-corrected chi connectivity index (χ0v) is 22.5. The molecule has 0 saturated carbocycles. The number of hydrogen-bond donors (Lipinski definition) is 0. The van der Waals surface area contributed by atoms with Gasteiger partial charge in [-0.05, 0) is 23.6 Å². The van der Waals surface area contributed by atoms with E-state index in [1.165, 1.54) is 138 Å². The average Bonchev–Trinajstić information content (AvgIpc) is 3.33. The van der Waals surface area contributed by atoms with E-state index in [4.69, 9.17) is 0 Å². The third kappa shape index (κ3) is 7.35. The lowest BCUT2D eigenvalue weighted by Crippen LogP contribution is -2.34. The minimum atomic E-state index is 0.428. The van der Waals surface area contributed by atoms with E-state index in [9.17, 15) is 0 Å². The fraction of sp³-hybridized carbons (Fsp3) is 0.636. The summed E-state index contributed by atoms with van der Waals surface area (Å²) in [6.45, 7) is 5.87. The maximum atomic E-state index is 2.73. The lowest BCUT2D eigenvalue weighted by atomic mass is 9.91. The van der Waals surface area contributed by atoms with Crippen LogP contribution in [0.5, 0.6) is 0 Å². The van der Waals surface area contributed by atoms with Crippen LogP contribution in [0.3, 0.4) is 0 Å². The second kappa shape index (κ2) is 14.7. The molecule has 0 bridgehead atoms. The van der Waals surface area contributed by atoms with Gasteiger partial charge in [-0.15, -0.1) is 0 Å². The summed E-state index contributed by atoms with van der Waals surface area (Å²) < 4.78 is 0. The van der Waals surface area contributed by atoms with Gasteiger partial charge < -0.3 is 4.90 Å². The molecule has 2 aromatic rings. The molecule has 2 nitrogen and oxygen atoms in total. The van der Waals surface area contributed by atoms with Crippen LogP contribution in [0.15, 0.2) is 48.5 Å². The van der Waals surface area contributed by atoms with Gasteiger partial charge in [-0.25, -0.2) is 0 Å². The number of hydrogen-bond acceptors (Lipinski definition) is 2. The smallest absolute Gasteiger partial charge is 0.109 e. The lowest BCUT2D eigenvalue weighted by molar-refractivity contribution is 0.251. The summed E-state index contributed by atoms with van der Waals surface area (Å²) in [5.41, 5.74) is 5.76. The number of rotatable bonds is 17. The standard InChI is InChI=1S/C33H50N2/c1-2-3-4-5-6-7-8-9-10-11-12-13-14-15-16-21-26-34-27-28-35-32-25-20-19-23-30(32)29-22-17-18-24-31(29)33(34)35/h17-20,22-25,33H,2-16,21,26-28H2,1H3. The Morgan fingerprint density at radius 2 is 1.09 bits per heavy atom. The van der Waals surface area contributed by atoms with E-state index in [0.717, 1.165) is 6.54 Å². The fourth-order valence-electron chi connectivity index (χ4n) is 6.31. The molecular formula is C33H50N2. The highest BCUT2D eigenvalue weighted by molar-refractivity contribution is 5.84. The first-order valence-corrected chi connectivity index (χ1v) is 15.1. The van der Waals surface area contributed by atoms with Crippen molar-refractivity contribution < 1.29 is 0 Å². The molecule has 1 atom stereocenters. The van der Waals surface area contributed by atoms with Gasteiger partial charge in [-0.3, -0.25) is 4.90 Å². The van der Waals surface area contributed by atoms with Gasteiger partial charge in [-0.1, -0.05) is 146 Å². The van der Waals surface area contributed by atoms with Crippen LogP contribution in [0.1, 0.15) is 121 Å². The Morgan fingerprint density at radius 3 is 1.71 bits per heavy atom. The van der Waals surface area contributed by atoms with Gasteiger partial charge in [0.25, 0.3) is 0 Å². The number of unbranched alkanes of at least 4 members (excludes halogenated alkanes) is 15. The number of para-hydroxylation sites is 1. The highest BCUT2D eigenvalue weighted by atomic mass is 15.4. The van der Waals surface area contributed by atoms with Crippen LogP contribution in [0.25, 0.3) is 11.1 Å². The summed E-state index contributed by atoms with van der Waals surface area (Å²) in [5, 5.41) is 0. The molecular weight excluding hydrogens is 424 g/mol. The second-order valence-corrected chi connectivity index (χ2v) is 11.0. The molecule has 0 radical (unpaired) electrons. The summed E-state index contributed by atoms with van der Waals surface area (Å²) in [7, 11) is 0. The molecule has 0 aromatic heterocycles. The van der Waals surface area contributed by atoms with Gasteiger partial charge in [0.05, 0.1) is 0 Å². The van der Waals surface area contributed by atoms with Crippen molar-refractivity contribution in [3.63, 3.8) is 0 Å². The highest BCUT2D eigenvalue weighted by Crippen LogP contribution is 2.47. The average molecular weight is 475 g/mol. The van der Waals surface area contributed by atoms with E-state index in [-0.39, 0.29) is 0 Å². The topological polar surface area (TPSA) is 6.48 Å². The van der Waals surface area contributed by atoms with Crippen molar-refractivity contribution >= 4 is 5.69 Å². The molecule has 0 N–H and O–H groups in total. The number of fused-ring (bicyclic) bond motifs is 6. The number of benzene rings is 2. The summed E-state index contributed by atoms with van der Waals surface area (Å²) in [4.78, 5) is 5.38. The van der Waals surface area contributed by atoms with E-state index in [2.05, 4.69) is 65.3 Å². The van der Waals surface area contributed by atoms with Gasteiger partial charge in [0.1, 0.15) is 6.17 Å². The van der Waals surface area contributed by atoms with Crippen LogP contribution in [0.4, 0.5) is 5.69 Å². The van der Waals surface area contributed by atoms with Crippen molar-refractivity contribution in [1.82, 2.24) is 4.90 Å². The second-order valence-electron chi connectivity index (χ2n) is 11.0. The zero-order valence-electron chi connectivity index (χ0n) is 22.5. The molecule has 35 heavy (non-hydrogen) atoms. The first kappa shape index (κ1) is 26.3. The zero-order chi connectivity index (χ0) is 24.1. The monoisotopic (exact) mass is 474 g/mol. The summed E-state index contributed by atoms with van der Waals surface area (Å²) in [6, 6.07) is 18.1. The normalized spacial score (nSPS) is 16.8. The summed E-state index contributed by atoms with van der Waals surface area (Å²) in [6.07, 6.45) is 23.4. The summed E-state index contributed by atoms with van der Waals surface area (Å²) >= 11 is 0. The highest BCUT2D eigenvalue weighted by Gasteiger charge is 2.38. The molecule has 0 amide bonds. The Morgan fingerprint density at radius 1 is 0.571 bits per heavy atom. The third-order valence-corrected chi connectivity index (χ3v) is 8.31. The van der Waals surface area contributed by atoms with E-state index in [0.29, 0.717) is 6.17 Å². The van der Waals surface area contributed by atoms with Crippen molar-refractivity contribution in [2.75, 3.05) is 24.5 Å². The van der Waals surface area contributed by atoms with Gasteiger partial charge in [0.2, 0.25) is 0 Å². The maximum Gasteiger partial charge on any atom is 0.109 e. The van der Waals surface area contributed by atoms with E-state index in [1.54, 1.807) is 0 Å². The number of anilines is 1. The first-order chi connectivity index (χ1) is 17.4. The largest absolute Gasteiger partial charge is 0.350 e. The molecule has 2 aliphatic rings. The van der Waals surface area contributed by atoms with Crippen molar-refractivity contribution in [3.8, 4) is 11.1 Å². The Hall–Kier alpha value is -1.80. The van der Waals surface area contributed by atoms with Gasteiger partial charge in [-0.2, -0.15) is 0 Å². The Kier molecular flexibility index (Phi) is 11.0. The molecule has 192 valence electrons. The lowest BCUT2D eigenvalue weighted by Gasteiger charge is -2.38. The summed E-state index contributed by atoms with van der Waals surface area (Å²) in [5.74, 6) is 0. The Labute approximate surface area is 216 Å². The minimum Gasteiger partial charge on any atom is -0.350 e. The molecule has 2 heteroatoms. The van der Waals surface area contributed by atoms with Crippen LogP contribution in [-0.2, 0) is 0 Å². The number of nitrogens with zero attached hydrogens (tertiary/aromatic N) is 2. The Balaban J connectivity index is 1.06. The molecule has 0 aliphatic carbocycles. The van der Waals surface area contributed by atoms with Crippen LogP contribution >= 0.6 is 0 Å². The van der Waals surface area contributed by atoms with Crippen LogP contribution in [0, 0.1) is 0 Å². The van der Waals surface area contributed by atoms with E-state index >= 15 is 0 Å². The van der Waals surface area contributed by atoms with Crippen molar-refractivity contribution in [2.24, 2.45) is 0 Å². The van der Waals surface area contributed by atoms with Crippen molar-refractivity contribution in [2.45, 2.75) is 116 Å². The SMILES string of the molecule is CCCCCCCCCCCCCCCCCCN1CCN2c3ccccc3-c3ccccc3C12. The Bertz CT molecular complexity index is 860. The minimum absolute atomic E-state index is 0.428. The van der Waals surface area contributed by atoms with E-state index < -0.39 is 0 Å². The first-order valence-electron chi connectivity index (χ1n) is 15.1. The van der Waals surface area contributed by atoms with E-state index in [1.807, 2.05) is 0 Å².